The Morgan fingerprint density at radius 1 is 1.03 bits per heavy atom. The van der Waals surface area contributed by atoms with E-state index in [2.05, 4.69) is 25.9 Å². The molecule has 5 N–H and O–H groups in total. The average Bonchev–Trinajstić information content (AvgIpc) is 2.72. The predicted molar refractivity (Wildman–Crippen MR) is 113 cm³/mol. The first kappa shape index (κ1) is 20.7. The lowest BCUT2D eigenvalue weighted by atomic mass is 9.96. The number of pyridine rings is 2. The van der Waals surface area contributed by atoms with Gasteiger partial charge in [-0.3, -0.25) is 19.9 Å². The molecule has 9 nitrogen and oxygen atoms in total. The lowest BCUT2D eigenvalue weighted by molar-refractivity contribution is -0.127. The summed E-state index contributed by atoms with van der Waals surface area (Å²) in [5, 5.41) is 9.72. The minimum Gasteiger partial charge on any atom is -0.369 e. The maximum absolute atomic E-state index is 11.9. The lowest BCUT2D eigenvalue weighted by Crippen LogP contribution is -2.28. The second kappa shape index (κ2) is 9.46. The van der Waals surface area contributed by atoms with Crippen molar-refractivity contribution in [3.63, 3.8) is 0 Å². The number of carbonyl (C=O) groups excluding carboxylic acids is 3. The van der Waals surface area contributed by atoms with Gasteiger partial charge in [-0.05, 0) is 47.2 Å². The normalized spacial score (nSPS) is 10.4. The number of primary amides is 1. The van der Waals surface area contributed by atoms with Gasteiger partial charge < -0.3 is 16.4 Å². The van der Waals surface area contributed by atoms with E-state index in [1.165, 1.54) is 0 Å². The zero-order valence-corrected chi connectivity index (χ0v) is 16.4. The molecule has 0 aliphatic heterocycles. The second-order valence-electron chi connectivity index (χ2n) is 6.53. The van der Waals surface area contributed by atoms with Gasteiger partial charge in [-0.1, -0.05) is 12.1 Å². The van der Waals surface area contributed by atoms with Crippen molar-refractivity contribution in [1.29, 1.82) is 0 Å². The largest absolute Gasteiger partial charge is 0.369 e. The van der Waals surface area contributed by atoms with Crippen LogP contribution < -0.4 is 21.7 Å². The Morgan fingerprint density at radius 2 is 1.80 bits per heavy atom. The van der Waals surface area contributed by atoms with Crippen LogP contribution in [0.3, 0.4) is 0 Å². The summed E-state index contributed by atoms with van der Waals surface area (Å²) in [4.78, 5) is 43.0. The molecule has 0 fully saturated rings. The van der Waals surface area contributed by atoms with E-state index in [0.29, 0.717) is 12.4 Å². The first-order valence-corrected chi connectivity index (χ1v) is 9.39. The molecule has 154 valence electrons. The molecule has 0 aliphatic rings. The molecule has 1 aromatic carbocycles. The molecule has 0 saturated carbocycles. The Kier molecular flexibility index (Phi) is 6.53. The van der Waals surface area contributed by atoms with Crippen LogP contribution in [0.5, 0.6) is 0 Å². The van der Waals surface area contributed by atoms with E-state index in [0.717, 1.165) is 27.5 Å². The van der Waals surface area contributed by atoms with Gasteiger partial charge in [0.1, 0.15) is 12.2 Å². The fourth-order valence-corrected chi connectivity index (χ4v) is 3.04. The van der Waals surface area contributed by atoms with E-state index in [1.807, 2.05) is 31.2 Å². The van der Waals surface area contributed by atoms with Crippen molar-refractivity contribution in [2.75, 3.05) is 11.9 Å². The number of carbonyl (C=O) groups is 3. The molecule has 2 heterocycles. The number of hydrogen-bond donors (Lipinski definition) is 4. The highest BCUT2D eigenvalue weighted by Crippen LogP contribution is 2.31. The molecule has 2 aromatic heterocycles. The topological polar surface area (TPSA) is 139 Å². The minimum atomic E-state index is -0.687. The number of amides is 4. The van der Waals surface area contributed by atoms with Crippen molar-refractivity contribution in [3.8, 4) is 11.1 Å². The first-order chi connectivity index (χ1) is 14.5. The van der Waals surface area contributed by atoms with E-state index < -0.39 is 11.8 Å². The number of nitrogens with zero attached hydrogens (tertiary/aromatic N) is 2. The fourth-order valence-electron chi connectivity index (χ4n) is 3.04. The van der Waals surface area contributed by atoms with Crippen molar-refractivity contribution < 1.29 is 14.4 Å². The van der Waals surface area contributed by atoms with Crippen LogP contribution in [0.1, 0.15) is 18.9 Å². The van der Waals surface area contributed by atoms with E-state index in [9.17, 15) is 14.4 Å². The summed E-state index contributed by atoms with van der Waals surface area (Å²) in [6.45, 7) is 2.54. The molecule has 0 bridgehead atoms. The van der Waals surface area contributed by atoms with Crippen LogP contribution in [0.25, 0.3) is 21.9 Å². The zero-order valence-electron chi connectivity index (χ0n) is 16.4. The van der Waals surface area contributed by atoms with Gasteiger partial charge in [0.05, 0.1) is 0 Å². The molecule has 0 radical (unpaired) electrons. The van der Waals surface area contributed by atoms with Crippen molar-refractivity contribution in [2.24, 2.45) is 5.73 Å². The van der Waals surface area contributed by atoms with E-state index in [-0.39, 0.29) is 19.0 Å². The van der Waals surface area contributed by atoms with Crippen LogP contribution >= 0.6 is 0 Å². The van der Waals surface area contributed by atoms with Gasteiger partial charge in [0.2, 0.25) is 11.8 Å². The molecule has 3 aromatic rings. The predicted octanol–water partition coefficient (Wildman–Crippen LogP) is 1.93. The highest BCUT2D eigenvalue weighted by molar-refractivity contribution is 6.01. The molecule has 4 amide bonds. The molecule has 30 heavy (non-hydrogen) atoms. The van der Waals surface area contributed by atoms with Gasteiger partial charge in [0, 0.05) is 37.1 Å². The Hall–Kier alpha value is -4.01. The van der Waals surface area contributed by atoms with Crippen LogP contribution in [0, 0.1) is 0 Å². The Bertz CT molecular complexity index is 1080. The zero-order chi connectivity index (χ0) is 21.5. The third-order valence-electron chi connectivity index (χ3n) is 4.37. The van der Waals surface area contributed by atoms with Crippen molar-refractivity contribution in [1.82, 2.24) is 20.6 Å². The van der Waals surface area contributed by atoms with Crippen LogP contribution in [0.15, 0.2) is 48.9 Å². The van der Waals surface area contributed by atoms with Crippen molar-refractivity contribution >= 4 is 34.4 Å². The summed E-state index contributed by atoms with van der Waals surface area (Å²) in [5.74, 6) is -0.733. The smallest absolute Gasteiger partial charge is 0.320 e. The molecule has 0 saturated heterocycles. The standard InChI is InChI=1S/C21H22N6O3/c1-2-24-21(30)27-19-9-16-15(13-5-7-23-8-6-13)4-3-14(17(16)12-25-19)11-26-20(29)10-18(22)28/h3-9,12H,2,10-11H2,1H3,(H2,22,28)(H,26,29)(H2,24,25,27,30). The molecule has 0 unspecified atom stereocenters. The number of aromatic nitrogens is 2. The lowest BCUT2D eigenvalue weighted by Gasteiger charge is -2.14. The summed E-state index contributed by atoms with van der Waals surface area (Å²) in [6.07, 6.45) is 4.69. The molecule has 0 atom stereocenters. The van der Waals surface area contributed by atoms with Crippen molar-refractivity contribution in [3.05, 3.63) is 54.5 Å². The highest BCUT2D eigenvalue weighted by Gasteiger charge is 2.12. The van der Waals surface area contributed by atoms with Gasteiger partial charge in [-0.25, -0.2) is 9.78 Å². The Labute approximate surface area is 173 Å². The van der Waals surface area contributed by atoms with E-state index >= 15 is 0 Å². The number of anilines is 1. The summed E-state index contributed by atoms with van der Waals surface area (Å²) >= 11 is 0. The molecular formula is C21H22N6O3. The van der Waals surface area contributed by atoms with Gasteiger partial charge in [0.15, 0.2) is 0 Å². The van der Waals surface area contributed by atoms with Crippen LogP contribution in [0.2, 0.25) is 0 Å². The van der Waals surface area contributed by atoms with Crippen LogP contribution in [0.4, 0.5) is 10.6 Å². The maximum Gasteiger partial charge on any atom is 0.320 e. The number of hydrogen-bond acceptors (Lipinski definition) is 5. The minimum absolute atomic E-state index is 0.212. The molecule has 0 aliphatic carbocycles. The number of nitrogens with two attached hydrogens (primary N) is 1. The summed E-state index contributed by atoms with van der Waals surface area (Å²) < 4.78 is 0. The first-order valence-electron chi connectivity index (χ1n) is 9.39. The van der Waals surface area contributed by atoms with E-state index in [4.69, 9.17) is 5.73 Å². The number of benzene rings is 1. The van der Waals surface area contributed by atoms with Gasteiger partial charge in [0.25, 0.3) is 0 Å². The highest BCUT2D eigenvalue weighted by atomic mass is 16.2. The SMILES string of the molecule is CCNC(=O)Nc1cc2c(-c3ccncc3)ccc(CNC(=O)CC(N)=O)c2cn1. The van der Waals surface area contributed by atoms with Gasteiger partial charge in [-0.15, -0.1) is 0 Å². The fraction of sp³-hybridized carbons (Fsp3) is 0.190. The summed E-state index contributed by atoms with van der Waals surface area (Å²) in [5.41, 5.74) is 7.76. The van der Waals surface area contributed by atoms with Gasteiger partial charge in [-0.2, -0.15) is 0 Å². The summed E-state index contributed by atoms with van der Waals surface area (Å²) in [6, 6.07) is 9.05. The maximum atomic E-state index is 11.9. The monoisotopic (exact) mass is 406 g/mol. The molecular weight excluding hydrogens is 384 g/mol. The number of rotatable bonds is 7. The third-order valence-corrected chi connectivity index (χ3v) is 4.37. The number of nitrogens with one attached hydrogen (secondary N) is 3. The van der Waals surface area contributed by atoms with Crippen LogP contribution in [-0.2, 0) is 16.1 Å². The quantitative estimate of drug-likeness (QED) is 0.444. The van der Waals surface area contributed by atoms with Crippen molar-refractivity contribution in [2.45, 2.75) is 19.9 Å². The number of fused-ring (bicyclic) bond motifs is 1. The van der Waals surface area contributed by atoms with Gasteiger partial charge >= 0.3 is 6.03 Å². The summed E-state index contributed by atoms with van der Waals surface area (Å²) in [7, 11) is 0. The molecule has 9 heteroatoms. The van der Waals surface area contributed by atoms with Crippen LogP contribution in [-0.4, -0.2) is 34.4 Å². The Balaban J connectivity index is 2.00. The Morgan fingerprint density at radius 3 is 2.50 bits per heavy atom. The average molecular weight is 406 g/mol. The molecule has 0 spiro atoms. The second-order valence-corrected chi connectivity index (χ2v) is 6.53. The number of urea groups is 1. The third kappa shape index (κ3) is 5.07. The van der Waals surface area contributed by atoms with E-state index in [1.54, 1.807) is 24.7 Å². The molecule has 3 rings (SSSR count).